The highest BCUT2D eigenvalue weighted by Gasteiger charge is 2.29. The van der Waals surface area contributed by atoms with Crippen LogP contribution in [0.25, 0.3) is 0 Å². The predicted molar refractivity (Wildman–Crippen MR) is 58.6 cm³/mol. The minimum atomic E-state index is -0.772. The van der Waals surface area contributed by atoms with Crippen LogP contribution in [0.2, 0.25) is 5.02 Å². The topological polar surface area (TPSA) is 43.1 Å². The Morgan fingerprint density at radius 1 is 1.53 bits per heavy atom. The number of carbonyl (C=O) groups excluding carboxylic acids is 1. The summed E-state index contributed by atoms with van der Waals surface area (Å²) in [6.07, 6.45) is 0. The number of hydrogen-bond acceptors (Lipinski definition) is 2. The van der Waals surface area contributed by atoms with Gasteiger partial charge in [0.1, 0.15) is 5.82 Å². The van der Waals surface area contributed by atoms with E-state index in [1.165, 1.54) is 18.2 Å². The predicted octanol–water partition coefficient (Wildman–Crippen LogP) is 2.65. The molecule has 1 rings (SSSR count). The number of carbonyl (C=O) groups is 1. The lowest BCUT2D eigenvalue weighted by atomic mass is 9.84. The van der Waals surface area contributed by atoms with Gasteiger partial charge in [-0.2, -0.15) is 0 Å². The molecule has 0 atom stereocenters. The highest BCUT2D eigenvalue weighted by molar-refractivity contribution is 6.31. The van der Waals surface area contributed by atoms with E-state index in [2.05, 4.69) is 0 Å². The third-order valence-electron chi connectivity index (χ3n) is 2.30. The molecule has 0 spiro atoms. The summed E-state index contributed by atoms with van der Waals surface area (Å²) in [5, 5.41) is 0.340. The van der Waals surface area contributed by atoms with E-state index in [1.807, 2.05) is 0 Å². The van der Waals surface area contributed by atoms with Gasteiger partial charge < -0.3 is 5.73 Å². The van der Waals surface area contributed by atoms with Crippen LogP contribution in [0.5, 0.6) is 0 Å². The van der Waals surface area contributed by atoms with Gasteiger partial charge in [0.25, 0.3) is 0 Å². The van der Waals surface area contributed by atoms with Gasteiger partial charge in [0, 0.05) is 17.0 Å². The molecule has 0 saturated carbocycles. The van der Waals surface area contributed by atoms with Crippen molar-refractivity contribution in [2.75, 3.05) is 6.54 Å². The van der Waals surface area contributed by atoms with Crippen LogP contribution >= 0.6 is 11.6 Å². The van der Waals surface area contributed by atoms with Crippen LogP contribution in [0.1, 0.15) is 24.2 Å². The molecular weight excluding hydrogens is 217 g/mol. The van der Waals surface area contributed by atoms with Gasteiger partial charge in [0.05, 0.1) is 5.56 Å². The Bertz CT molecular complexity index is 390. The van der Waals surface area contributed by atoms with Gasteiger partial charge in [0.15, 0.2) is 5.78 Å². The Kier molecular flexibility index (Phi) is 3.47. The fourth-order valence-electron chi connectivity index (χ4n) is 1.13. The first-order chi connectivity index (χ1) is 6.88. The summed E-state index contributed by atoms with van der Waals surface area (Å²) in [4.78, 5) is 11.9. The molecule has 15 heavy (non-hydrogen) atoms. The smallest absolute Gasteiger partial charge is 0.172 e. The molecule has 0 radical (unpaired) electrons. The first-order valence-corrected chi connectivity index (χ1v) is 4.96. The molecule has 0 amide bonds. The Morgan fingerprint density at radius 3 is 2.67 bits per heavy atom. The average Bonchev–Trinajstić information content (AvgIpc) is 2.20. The van der Waals surface area contributed by atoms with Crippen molar-refractivity contribution < 1.29 is 9.18 Å². The summed E-state index contributed by atoms with van der Waals surface area (Å²) < 4.78 is 13.4. The first kappa shape index (κ1) is 12.1. The zero-order chi connectivity index (χ0) is 11.6. The molecule has 0 fully saturated rings. The molecule has 2 nitrogen and oxygen atoms in total. The lowest BCUT2D eigenvalue weighted by molar-refractivity contribution is 0.0843. The maximum atomic E-state index is 13.4. The van der Waals surface area contributed by atoms with Crippen LogP contribution in [-0.4, -0.2) is 12.3 Å². The second-order valence-electron chi connectivity index (χ2n) is 4.04. The van der Waals surface area contributed by atoms with Crippen molar-refractivity contribution in [1.29, 1.82) is 0 Å². The average molecular weight is 230 g/mol. The normalized spacial score (nSPS) is 11.5. The Hall–Kier alpha value is -0.930. The summed E-state index contributed by atoms with van der Waals surface area (Å²) in [6.45, 7) is 3.52. The van der Waals surface area contributed by atoms with Crippen molar-refractivity contribution in [3.63, 3.8) is 0 Å². The Labute approximate surface area is 93.2 Å². The maximum absolute atomic E-state index is 13.4. The molecule has 0 aliphatic heterocycles. The quantitative estimate of drug-likeness (QED) is 0.810. The van der Waals surface area contributed by atoms with Crippen LogP contribution < -0.4 is 5.73 Å². The molecule has 0 bridgehead atoms. The molecule has 2 N–H and O–H groups in total. The molecule has 0 saturated heterocycles. The van der Waals surface area contributed by atoms with Crippen molar-refractivity contribution in [1.82, 2.24) is 0 Å². The van der Waals surface area contributed by atoms with Crippen molar-refractivity contribution in [3.8, 4) is 0 Å². The molecular formula is C11H13ClFNO. The molecule has 82 valence electrons. The molecule has 1 aromatic rings. The fourth-order valence-corrected chi connectivity index (χ4v) is 1.30. The van der Waals surface area contributed by atoms with E-state index >= 15 is 0 Å². The third kappa shape index (κ3) is 2.55. The molecule has 0 unspecified atom stereocenters. The summed E-state index contributed by atoms with van der Waals surface area (Å²) in [7, 11) is 0. The van der Waals surface area contributed by atoms with E-state index in [0.717, 1.165) is 0 Å². The highest BCUT2D eigenvalue weighted by Crippen LogP contribution is 2.24. The van der Waals surface area contributed by atoms with Gasteiger partial charge in [0.2, 0.25) is 0 Å². The zero-order valence-electron chi connectivity index (χ0n) is 8.68. The number of rotatable bonds is 3. The molecule has 1 aromatic carbocycles. The van der Waals surface area contributed by atoms with Crippen molar-refractivity contribution >= 4 is 17.4 Å². The molecule has 0 heterocycles. The second kappa shape index (κ2) is 4.29. The van der Waals surface area contributed by atoms with Crippen LogP contribution in [-0.2, 0) is 0 Å². The number of hydrogen-bond donors (Lipinski definition) is 1. The van der Waals surface area contributed by atoms with E-state index in [9.17, 15) is 9.18 Å². The van der Waals surface area contributed by atoms with Gasteiger partial charge >= 0.3 is 0 Å². The minimum Gasteiger partial charge on any atom is -0.329 e. The largest absolute Gasteiger partial charge is 0.329 e. The van der Waals surface area contributed by atoms with Crippen LogP contribution in [0.15, 0.2) is 18.2 Å². The van der Waals surface area contributed by atoms with E-state index in [4.69, 9.17) is 17.3 Å². The third-order valence-corrected chi connectivity index (χ3v) is 2.53. The molecule has 4 heteroatoms. The van der Waals surface area contributed by atoms with Crippen LogP contribution in [0, 0.1) is 11.2 Å². The monoisotopic (exact) mass is 229 g/mol. The minimum absolute atomic E-state index is 0.00190. The molecule has 0 aromatic heterocycles. The lowest BCUT2D eigenvalue weighted by Gasteiger charge is -2.20. The Balaban J connectivity index is 3.17. The number of halogens is 2. The van der Waals surface area contributed by atoms with E-state index in [-0.39, 0.29) is 17.9 Å². The highest BCUT2D eigenvalue weighted by atomic mass is 35.5. The standard InChI is InChI=1S/C11H13ClFNO/c1-11(2,6-14)10(15)8-5-7(12)3-4-9(8)13/h3-5H,6,14H2,1-2H3. The molecule has 0 aliphatic carbocycles. The van der Waals surface area contributed by atoms with E-state index < -0.39 is 11.2 Å². The first-order valence-electron chi connectivity index (χ1n) is 4.58. The van der Waals surface area contributed by atoms with Crippen molar-refractivity contribution in [2.24, 2.45) is 11.1 Å². The fraction of sp³-hybridized carbons (Fsp3) is 0.364. The van der Waals surface area contributed by atoms with E-state index in [0.29, 0.717) is 5.02 Å². The number of Topliss-reactive ketones (excluding diaryl/α,β-unsaturated/α-hetero) is 1. The second-order valence-corrected chi connectivity index (χ2v) is 4.48. The summed E-state index contributed by atoms with van der Waals surface area (Å²) in [5.41, 5.74) is 4.68. The maximum Gasteiger partial charge on any atom is 0.172 e. The molecule has 0 aliphatic rings. The van der Waals surface area contributed by atoms with Gasteiger partial charge in [-0.1, -0.05) is 25.4 Å². The number of nitrogens with two attached hydrogens (primary N) is 1. The summed E-state index contributed by atoms with van der Waals surface area (Å²) >= 11 is 5.70. The number of ketones is 1. The van der Waals surface area contributed by atoms with Gasteiger partial charge in [-0.25, -0.2) is 4.39 Å². The summed E-state index contributed by atoms with van der Waals surface area (Å²) in [5.74, 6) is -0.893. The van der Waals surface area contributed by atoms with Crippen LogP contribution in [0.4, 0.5) is 4.39 Å². The van der Waals surface area contributed by atoms with E-state index in [1.54, 1.807) is 13.8 Å². The Morgan fingerprint density at radius 2 is 2.13 bits per heavy atom. The van der Waals surface area contributed by atoms with Gasteiger partial charge in [-0.15, -0.1) is 0 Å². The van der Waals surface area contributed by atoms with Crippen LogP contribution in [0.3, 0.4) is 0 Å². The number of benzene rings is 1. The van der Waals surface area contributed by atoms with Gasteiger partial charge in [-0.3, -0.25) is 4.79 Å². The van der Waals surface area contributed by atoms with Gasteiger partial charge in [-0.05, 0) is 18.2 Å². The summed E-state index contributed by atoms with van der Waals surface area (Å²) in [6, 6.07) is 3.92. The zero-order valence-corrected chi connectivity index (χ0v) is 9.44. The van der Waals surface area contributed by atoms with Crippen molar-refractivity contribution in [3.05, 3.63) is 34.6 Å². The van der Waals surface area contributed by atoms with Crippen molar-refractivity contribution in [2.45, 2.75) is 13.8 Å². The lowest BCUT2D eigenvalue weighted by Crippen LogP contribution is -2.33. The SMILES string of the molecule is CC(C)(CN)C(=O)c1cc(Cl)ccc1F.